The molecule has 1 aromatic rings. The molecule has 20 heavy (non-hydrogen) atoms. The molecular weight excluding hydrogens is 284 g/mol. The highest BCUT2D eigenvalue weighted by atomic mass is 35.5. The molecule has 7 heteroatoms. The molecule has 1 rings (SSSR count). The summed E-state index contributed by atoms with van der Waals surface area (Å²) in [5.74, 6) is -1.04. The number of hydrogen-bond acceptors (Lipinski definition) is 3. The van der Waals surface area contributed by atoms with Crippen LogP contribution in [0.4, 0.5) is 10.5 Å². The first-order valence-electron chi connectivity index (χ1n) is 5.93. The minimum atomic E-state index is -0.955. The Morgan fingerprint density at radius 2 is 2.15 bits per heavy atom. The number of methoxy groups -OCH3 is 1. The molecule has 0 heterocycles. The minimum Gasteiger partial charge on any atom is -0.497 e. The van der Waals surface area contributed by atoms with Gasteiger partial charge < -0.3 is 20.1 Å². The topological polar surface area (TPSA) is 78.9 Å². The van der Waals surface area contributed by atoms with E-state index in [0.717, 1.165) is 0 Å². The number of anilines is 1. The Morgan fingerprint density at radius 1 is 1.50 bits per heavy atom. The van der Waals surface area contributed by atoms with Gasteiger partial charge in [-0.15, -0.1) is 0 Å². The Balaban J connectivity index is 2.72. The monoisotopic (exact) mass is 300 g/mol. The van der Waals surface area contributed by atoms with Gasteiger partial charge in [0.2, 0.25) is 0 Å². The van der Waals surface area contributed by atoms with E-state index in [9.17, 15) is 9.59 Å². The molecule has 0 spiro atoms. The van der Waals surface area contributed by atoms with Gasteiger partial charge in [-0.1, -0.05) is 18.5 Å². The number of rotatable bonds is 5. The Kier molecular flexibility index (Phi) is 5.64. The molecule has 0 fully saturated rings. The summed E-state index contributed by atoms with van der Waals surface area (Å²) in [6.45, 7) is 1.63. The molecule has 0 saturated heterocycles. The molecule has 0 bridgehead atoms. The van der Waals surface area contributed by atoms with Crippen molar-refractivity contribution in [3.05, 3.63) is 23.2 Å². The summed E-state index contributed by atoms with van der Waals surface area (Å²) < 4.78 is 5.05. The fourth-order valence-corrected chi connectivity index (χ4v) is 1.67. The second kappa shape index (κ2) is 7.00. The molecule has 2 amide bonds. The highest BCUT2D eigenvalue weighted by molar-refractivity contribution is 6.33. The largest absolute Gasteiger partial charge is 0.497 e. The van der Waals surface area contributed by atoms with Crippen molar-refractivity contribution in [2.45, 2.75) is 6.92 Å². The van der Waals surface area contributed by atoms with Gasteiger partial charge in [0, 0.05) is 19.7 Å². The molecule has 6 nitrogen and oxygen atoms in total. The van der Waals surface area contributed by atoms with E-state index in [2.05, 4.69) is 5.32 Å². The lowest BCUT2D eigenvalue weighted by molar-refractivity contribution is -0.141. The highest BCUT2D eigenvalue weighted by Crippen LogP contribution is 2.26. The van der Waals surface area contributed by atoms with Crippen LogP contribution in [0.3, 0.4) is 0 Å². The molecular formula is C13H17ClN2O4. The third kappa shape index (κ3) is 4.31. The van der Waals surface area contributed by atoms with Crippen LogP contribution in [0.1, 0.15) is 6.92 Å². The first kappa shape index (κ1) is 16.1. The predicted octanol–water partition coefficient (Wildman–Crippen LogP) is 2.53. The number of aliphatic carboxylic acids is 1. The van der Waals surface area contributed by atoms with Gasteiger partial charge in [0.1, 0.15) is 5.75 Å². The molecule has 110 valence electrons. The molecule has 1 atom stereocenters. The molecule has 1 unspecified atom stereocenters. The van der Waals surface area contributed by atoms with Crippen LogP contribution < -0.4 is 10.1 Å². The van der Waals surface area contributed by atoms with Gasteiger partial charge in [-0.2, -0.15) is 0 Å². The third-order valence-electron chi connectivity index (χ3n) is 2.73. The van der Waals surface area contributed by atoms with E-state index >= 15 is 0 Å². The second-order valence-corrected chi connectivity index (χ2v) is 4.80. The number of hydrogen-bond donors (Lipinski definition) is 2. The van der Waals surface area contributed by atoms with Crippen molar-refractivity contribution in [2.75, 3.05) is 26.0 Å². The van der Waals surface area contributed by atoms with Gasteiger partial charge in [0.05, 0.1) is 23.7 Å². The van der Waals surface area contributed by atoms with Gasteiger partial charge in [0.15, 0.2) is 0 Å². The van der Waals surface area contributed by atoms with Crippen molar-refractivity contribution >= 4 is 29.3 Å². The number of urea groups is 1. The van der Waals surface area contributed by atoms with Crippen molar-refractivity contribution in [3.8, 4) is 5.75 Å². The van der Waals surface area contributed by atoms with E-state index in [1.54, 1.807) is 18.2 Å². The number of nitrogens with zero attached hydrogens (tertiary/aromatic N) is 1. The molecule has 1 aromatic carbocycles. The average molecular weight is 301 g/mol. The number of carbonyl (C=O) groups is 2. The fourth-order valence-electron chi connectivity index (χ4n) is 1.51. The number of nitrogens with one attached hydrogen (secondary N) is 1. The maximum atomic E-state index is 11.9. The van der Waals surface area contributed by atoms with Crippen molar-refractivity contribution in [2.24, 2.45) is 5.92 Å². The first-order chi connectivity index (χ1) is 9.35. The zero-order valence-corrected chi connectivity index (χ0v) is 12.3. The van der Waals surface area contributed by atoms with Gasteiger partial charge >= 0.3 is 12.0 Å². The summed E-state index contributed by atoms with van der Waals surface area (Å²) in [5.41, 5.74) is 0.408. The number of benzene rings is 1. The van der Waals surface area contributed by atoms with Crippen LogP contribution in [0.15, 0.2) is 18.2 Å². The van der Waals surface area contributed by atoms with Crippen LogP contribution in [0.5, 0.6) is 5.75 Å². The number of carbonyl (C=O) groups excluding carboxylic acids is 1. The smallest absolute Gasteiger partial charge is 0.321 e. The molecule has 0 aliphatic rings. The Labute approximate surface area is 122 Å². The van der Waals surface area contributed by atoms with Crippen LogP contribution in [-0.2, 0) is 4.79 Å². The molecule has 0 aliphatic carbocycles. The summed E-state index contributed by atoms with van der Waals surface area (Å²) >= 11 is 5.98. The van der Waals surface area contributed by atoms with Gasteiger partial charge in [-0.05, 0) is 12.1 Å². The maximum absolute atomic E-state index is 11.9. The lowest BCUT2D eigenvalue weighted by Crippen LogP contribution is -2.36. The van der Waals surface area contributed by atoms with Crippen LogP contribution in [-0.4, -0.2) is 42.7 Å². The SMILES string of the molecule is COc1ccc(Cl)c(NC(=O)N(C)CC(C)C(=O)O)c1. The van der Waals surface area contributed by atoms with Crippen LogP contribution >= 0.6 is 11.6 Å². The standard InChI is InChI=1S/C13H17ClN2O4/c1-8(12(17)18)7-16(2)13(19)15-11-6-9(20-3)4-5-10(11)14/h4-6,8H,7H2,1-3H3,(H,15,19)(H,17,18). The molecule has 0 radical (unpaired) electrons. The van der Waals surface area contributed by atoms with Gasteiger partial charge in [-0.3, -0.25) is 4.79 Å². The lowest BCUT2D eigenvalue weighted by atomic mass is 10.2. The van der Waals surface area contributed by atoms with Gasteiger partial charge in [-0.25, -0.2) is 4.79 Å². The van der Waals surface area contributed by atoms with E-state index in [1.807, 2.05) is 0 Å². The Hall–Kier alpha value is -1.95. The number of carboxylic acid groups (broad SMARTS) is 1. The quantitative estimate of drug-likeness (QED) is 0.876. The lowest BCUT2D eigenvalue weighted by Gasteiger charge is -2.20. The van der Waals surface area contributed by atoms with E-state index < -0.39 is 17.9 Å². The highest BCUT2D eigenvalue weighted by Gasteiger charge is 2.18. The Bertz CT molecular complexity index is 507. The third-order valence-corrected chi connectivity index (χ3v) is 3.06. The van der Waals surface area contributed by atoms with E-state index in [-0.39, 0.29) is 6.54 Å². The summed E-state index contributed by atoms with van der Waals surface area (Å²) in [5, 5.41) is 11.8. The molecule has 0 saturated carbocycles. The predicted molar refractivity (Wildman–Crippen MR) is 76.5 cm³/mol. The second-order valence-electron chi connectivity index (χ2n) is 4.40. The van der Waals surface area contributed by atoms with Crippen molar-refractivity contribution < 1.29 is 19.4 Å². The van der Waals surface area contributed by atoms with E-state index in [1.165, 1.54) is 26.0 Å². The molecule has 0 aromatic heterocycles. The summed E-state index contributed by atoms with van der Waals surface area (Å²) in [7, 11) is 3.03. The van der Waals surface area contributed by atoms with Crippen LogP contribution in [0, 0.1) is 5.92 Å². The number of halogens is 1. The van der Waals surface area contributed by atoms with Crippen LogP contribution in [0.2, 0.25) is 5.02 Å². The number of ether oxygens (including phenoxy) is 1. The van der Waals surface area contributed by atoms with Crippen LogP contribution in [0.25, 0.3) is 0 Å². The summed E-state index contributed by atoms with van der Waals surface area (Å²) in [4.78, 5) is 24.0. The zero-order valence-electron chi connectivity index (χ0n) is 11.5. The minimum absolute atomic E-state index is 0.1000. The van der Waals surface area contributed by atoms with Crippen molar-refractivity contribution in [1.82, 2.24) is 4.90 Å². The number of amides is 2. The first-order valence-corrected chi connectivity index (χ1v) is 6.31. The summed E-state index contributed by atoms with van der Waals surface area (Å²) in [6, 6.07) is 4.44. The fraction of sp³-hybridized carbons (Fsp3) is 0.385. The Morgan fingerprint density at radius 3 is 2.70 bits per heavy atom. The van der Waals surface area contributed by atoms with E-state index in [4.69, 9.17) is 21.4 Å². The average Bonchev–Trinajstić information content (AvgIpc) is 2.40. The maximum Gasteiger partial charge on any atom is 0.321 e. The number of carboxylic acids is 1. The zero-order chi connectivity index (χ0) is 15.3. The van der Waals surface area contributed by atoms with Crippen molar-refractivity contribution in [3.63, 3.8) is 0 Å². The van der Waals surface area contributed by atoms with E-state index in [0.29, 0.717) is 16.5 Å². The van der Waals surface area contributed by atoms with Crippen molar-refractivity contribution in [1.29, 1.82) is 0 Å². The molecule has 2 N–H and O–H groups in total. The normalized spacial score (nSPS) is 11.6. The summed E-state index contributed by atoms with van der Waals surface area (Å²) in [6.07, 6.45) is 0. The molecule has 0 aliphatic heterocycles. The van der Waals surface area contributed by atoms with Gasteiger partial charge in [0.25, 0.3) is 0 Å².